The molecule has 5 aliphatic carbocycles. The summed E-state index contributed by atoms with van der Waals surface area (Å²) >= 11 is 0. The Morgan fingerprint density at radius 2 is 0.635 bits per heavy atom. The van der Waals surface area contributed by atoms with Crippen molar-refractivity contribution < 1.29 is 0 Å². The topological polar surface area (TPSA) is 50.8 Å². The van der Waals surface area contributed by atoms with Gasteiger partial charge in [-0.15, -0.1) is 0 Å². The first kappa shape index (κ1) is 34.7. The van der Waals surface area contributed by atoms with E-state index < -0.39 is 5.41 Å². The van der Waals surface area contributed by atoms with Gasteiger partial charge in [-0.3, -0.25) is 4.90 Å². The van der Waals surface area contributed by atoms with E-state index in [1.807, 2.05) is 30.4 Å². The van der Waals surface area contributed by atoms with Gasteiger partial charge in [0.2, 0.25) is 0 Å². The lowest BCUT2D eigenvalue weighted by Gasteiger charge is -2.52. The van der Waals surface area contributed by atoms with Crippen molar-refractivity contribution in [3.05, 3.63) is 111 Å². The SMILES string of the molecule is CCN1CC23c4c5c6c7c8c9c(c%10c%11c2c2c4c4c%12c5c5c6c6c8c8c%13c9c9c%10c%10c%11c%11c2c2c4c4c%12c%12c5c5c6c8c6c8c%13c9c9c%10c%10c%11c2c2c4c4c%12c5c6c5c8c9c%10c2c45)C73C1c1ccc(C(C=C2C=CC=CC=C2)=C(C#N)C#N)cc1. The van der Waals surface area contributed by atoms with Crippen molar-refractivity contribution in [2.75, 3.05) is 13.1 Å². The van der Waals surface area contributed by atoms with Crippen LogP contribution in [0.15, 0.2) is 77.9 Å². The fourth-order valence-electron chi connectivity index (χ4n) is 27.7. The van der Waals surface area contributed by atoms with E-state index in [0.29, 0.717) is 5.57 Å². The van der Waals surface area contributed by atoms with Gasteiger partial charge in [-0.1, -0.05) is 67.6 Å². The molecule has 3 heteroatoms. The molecule has 6 aliphatic rings. The minimum Gasteiger partial charge on any atom is -0.294 e. The molecule has 1 fully saturated rings. The van der Waals surface area contributed by atoms with Crippen LogP contribution < -0.4 is 0 Å². The molecule has 29 aromatic carbocycles. The third-order valence-corrected chi connectivity index (χ3v) is 28.4. The van der Waals surface area contributed by atoms with Crippen LogP contribution in [0.4, 0.5) is 0 Å². The van der Waals surface area contributed by atoms with E-state index in [2.05, 4.69) is 60.4 Å². The fraction of sp³-hybridized carbons (Fsp3) is 0.0732. The second-order valence-corrected chi connectivity index (χ2v) is 29.3. The summed E-state index contributed by atoms with van der Waals surface area (Å²) < 4.78 is 0. The summed E-state index contributed by atoms with van der Waals surface area (Å²) in [6.45, 7) is 4.36. The van der Waals surface area contributed by atoms with Crippen LogP contribution in [-0.4, -0.2) is 18.0 Å². The Morgan fingerprint density at radius 3 is 0.894 bits per heavy atom. The Balaban J connectivity index is 0.929. The number of likely N-dealkylation sites (N-methyl/N-ethyl adjacent to an activating group) is 1. The summed E-state index contributed by atoms with van der Waals surface area (Å²) in [4.78, 5) is 3.00. The van der Waals surface area contributed by atoms with Crippen molar-refractivity contribution in [2.24, 2.45) is 0 Å². The first-order chi connectivity index (χ1) is 42.2. The molecule has 2 spiro atoms. The Morgan fingerprint density at radius 1 is 0.376 bits per heavy atom. The molecule has 0 bridgehead atoms. The van der Waals surface area contributed by atoms with E-state index in [4.69, 9.17) is 0 Å². The molecule has 1 heterocycles. The Bertz CT molecular complexity index is 8130. The molecule has 1 unspecified atom stereocenters. The standard InChI is InChI=1S/C82H19N3/c1-2-85-16-81-76-68-60-50-40-32-24-22-23-26-30-28(24)36-44-38(30)48-42-34(26)35-27(23)31-29-25(22)33(32)41-47-37(29)45-39(31)49-43(35)53-52(42)64-58(48)66-56(44)62(54(60)46(36)40)70(76)72(66)78-74(64)75-65(53)59(49)67-57(45)63-55(47)61(51(41)50)69(68)77(81)71(63)73(67)79(75)82(78,81)80(85)19-11-9-18(10-12-19)21(20(14-83)15-84)13-17-7-5-3-4-6-8-17/h3-13,80H,2,16H2,1H3. The largest absolute Gasteiger partial charge is 0.294 e. The van der Waals surface area contributed by atoms with Gasteiger partial charge in [-0.05, 0) is 342 Å². The molecule has 35 rings (SSSR count). The van der Waals surface area contributed by atoms with Crippen LogP contribution in [-0.2, 0) is 10.8 Å². The minimum atomic E-state index is -0.468. The maximum atomic E-state index is 10.6. The molecular weight excluding hydrogens is 1030 g/mol. The third kappa shape index (κ3) is 2.13. The average molecular weight is 1050 g/mol. The molecule has 0 radical (unpaired) electrons. The molecule has 3 nitrogen and oxygen atoms in total. The lowest BCUT2D eigenvalue weighted by atomic mass is 9.47. The van der Waals surface area contributed by atoms with Gasteiger partial charge in [0.15, 0.2) is 0 Å². The van der Waals surface area contributed by atoms with Crippen LogP contribution in [0.25, 0.3) is 296 Å². The lowest BCUT2D eigenvalue weighted by molar-refractivity contribution is 0.237. The normalized spacial score (nSPS) is 22.2. The average Bonchev–Trinajstić information content (AvgIpc) is 1.38. The summed E-state index contributed by atoms with van der Waals surface area (Å²) in [5.74, 6) is 0. The Kier molecular flexibility index (Phi) is 3.50. The molecule has 0 saturated carbocycles. The monoisotopic (exact) mass is 1050 g/mol. The Labute approximate surface area is 469 Å². The molecule has 0 amide bonds. The molecule has 1 atom stereocenters. The van der Waals surface area contributed by atoms with Crippen LogP contribution in [0.1, 0.15) is 46.3 Å². The first-order valence-electron chi connectivity index (χ1n) is 31.1. The smallest absolute Gasteiger partial charge is 0.137 e. The van der Waals surface area contributed by atoms with Gasteiger partial charge in [0.05, 0.1) is 10.8 Å². The molecule has 0 aromatic heterocycles. The van der Waals surface area contributed by atoms with Gasteiger partial charge in [0.1, 0.15) is 17.7 Å². The number of nitrogens with zero attached hydrogens (tertiary/aromatic N) is 3. The maximum Gasteiger partial charge on any atom is 0.137 e. The minimum absolute atomic E-state index is 0.00159. The summed E-state index contributed by atoms with van der Waals surface area (Å²) in [7, 11) is 0. The number of nitriles is 2. The lowest BCUT2D eigenvalue weighted by Crippen LogP contribution is -2.51. The van der Waals surface area contributed by atoms with Crippen LogP contribution in [0.5, 0.6) is 0 Å². The number of rotatable bonds is 4. The van der Waals surface area contributed by atoms with Gasteiger partial charge in [0, 0.05) is 18.2 Å². The van der Waals surface area contributed by atoms with Crippen LogP contribution in [0, 0.1) is 22.7 Å². The third-order valence-electron chi connectivity index (χ3n) is 28.4. The van der Waals surface area contributed by atoms with E-state index in [1.54, 1.807) is 313 Å². The molecule has 362 valence electrons. The van der Waals surface area contributed by atoms with E-state index in [0.717, 1.165) is 24.2 Å². The quantitative estimate of drug-likeness (QED) is 0.130. The molecule has 1 aliphatic heterocycles. The van der Waals surface area contributed by atoms with E-state index in [-0.39, 0.29) is 17.0 Å². The molecule has 0 N–H and O–H groups in total. The molecule has 85 heavy (non-hydrogen) atoms. The van der Waals surface area contributed by atoms with Gasteiger partial charge in [0.25, 0.3) is 0 Å². The van der Waals surface area contributed by atoms with Gasteiger partial charge >= 0.3 is 0 Å². The number of hydrogen-bond donors (Lipinski definition) is 0. The predicted octanol–water partition coefficient (Wildman–Crippen LogP) is 20.8. The summed E-state index contributed by atoms with van der Waals surface area (Å²) in [6.07, 6.45) is 14.3. The van der Waals surface area contributed by atoms with Crippen LogP contribution in [0.2, 0.25) is 0 Å². The highest BCUT2D eigenvalue weighted by Crippen LogP contribution is 2.87. The number of hydrogen-bond acceptors (Lipinski definition) is 3. The van der Waals surface area contributed by atoms with Crippen molar-refractivity contribution in [2.45, 2.75) is 23.8 Å². The van der Waals surface area contributed by atoms with Gasteiger partial charge in [-0.25, -0.2) is 0 Å². The van der Waals surface area contributed by atoms with E-state index >= 15 is 0 Å². The van der Waals surface area contributed by atoms with Crippen LogP contribution >= 0.6 is 0 Å². The first-order valence-corrected chi connectivity index (χ1v) is 31.1. The highest BCUT2D eigenvalue weighted by Gasteiger charge is 2.76. The zero-order valence-corrected chi connectivity index (χ0v) is 44.2. The molecule has 1 saturated heterocycles. The van der Waals surface area contributed by atoms with Crippen molar-refractivity contribution >= 4 is 296 Å². The van der Waals surface area contributed by atoms with Crippen molar-refractivity contribution in [3.63, 3.8) is 0 Å². The number of benzene rings is 19. The molecular formula is C82H19N3. The van der Waals surface area contributed by atoms with E-state index in [9.17, 15) is 10.5 Å². The van der Waals surface area contributed by atoms with Crippen molar-refractivity contribution in [1.29, 1.82) is 10.5 Å². The predicted molar refractivity (Wildman–Crippen MR) is 354 cm³/mol. The number of allylic oxidation sites excluding steroid dienone is 10. The van der Waals surface area contributed by atoms with Crippen molar-refractivity contribution in [3.8, 4) is 12.1 Å². The van der Waals surface area contributed by atoms with Crippen LogP contribution in [0.3, 0.4) is 0 Å². The van der Waals surface area contributed by atoms with Gasteiger partial charge in [-0.2, -0.15) is 10.5 Å². The second kappa shape index (κ2) is 8.59. The summed E-state index contributed by atoms with van der Waals surface area (Å²) in [6, 6.07) is 14.1. The van der Waals surface area contributed by atoms with Gasteiger partial charge < -0.3 is 0 Å². The summed E-state index contributed by atoms with van der Waals surface area (Å²) in [5.41, 5.74) is 9.97. The zero-order chi connectivity index (χ0) is 52.1. The molecule has 29 aromatic rings. The summed E-state index contributed by atoms with van der Waals surface area (Å²) in [5, 5.41) is 109. The van der Waals surface area contributed by atoms with E-state index in [1.165, 1.54) is 5.56 Å². The maximum absolute atomic E-state index is 10.6. The highest BCUT2D eigenvalue weighted by atomic mass is 15.2. The highest BCUT2D eigenvalue weighted by molar-refractivity contribution is 6.82. The van der Waals surface area contributed by atoms with Crippen molar-refractivity contribution in [1.82, 2.24) is 4.90 Å². The number of likely N-dealkylation sites (tertiary alicyclic amines) is 1. The fourth-order valence-corrected chi connectivity index (χ4v) is 27.7. The Hall–Kier alpha value is -10.7. The zero-order valence-electron chi connectivity index (χ0n) is 44.2. The second-order valence-electron chi connectivity index (χ2n) is 29.3.